The molecule has 0 aliphatic heterocycles. The largest absolute Gasteiger partial charge is 0.494 e. The highest BCUT2D eigenvalue weighted by Gasteiger charge is 2.24. The topological polar surface area (TPSA) is 21.3 Å². The summed E-state index contributed by atoms with van der Waals surface area (Å²) in [5.74, 6) is 1.22. The van der Waals surface area contributed by atoms with Gasteiger partial charge in [0.25, 0.3) is 0 Å². The summed E-state index contributed by atoms with van der Waals surface area (Å²) in [5.41, 5.74) is 0.651. The Kier molecular flexibility index (Phi) is 5.46. The van der Waals surface area contributed by atoms with E-state index in [-0.39, 0.29) is 5.82 Å². The zero-order valence-corrected chi connectivity index (χ0v) is 12.0. The molecule has 0 spiro atoms. The van der Waals surface area contributed by atoms with Crippen molar-refractivity contribution >= 4 is 11.6 Å². The smallest absolute Gasteiger partial charge is 0.169 e. The second-order valence-corrected chi connectivity index (χ2v) is 5.43. The van der Waals surface area contributed by atoms with Gasteiger partial charge >= 0.3 is 0 Å². The average Bonchev–Trinajstić information content (AvgIpc) is 2.46. The summed E-state index contributed by atoms with van der Waals surface area (Å²) < 4.78 is 19.0. The summed E-state index contributed by atoms with van der Waals surface area (Å²) in [6.45, 7) is 0.529. The Balaban J connectivity index is 1.98. The van der Waals surface area contributed by atoms with Crippen LogP contribution in [0.1, 0.15) is 31.2 Å². The average molecular weight is 286 g/mol. The fraction of sp³-hybridized carbons (Fsp3) is 0.600. The predicted molar refractivity (Wildman–Crippen MR) is 76.3 cm³/mol. The van der Waals surface area contributed by atoms with Crippen LogP contribution in [0.3, 0.4) is 0 Å². The molecule has 0 aromatic heterocycles. The minimum Gasteiger partial charge on any atom is -0.494 e. The lowest BCUT2D eigenvalue weighted by molar-refractivity contribution is 0.281. The monoisotopic (exact) mass is 285 g/mol. The van der Waals surface area contributed by atoms with Gasteiger partial charge in [-0.1, -0.05) is 25.0 Å². The number of alkyl halides is 1. The first kappa shape index (κ1) is 14.6. The molecule has 1 aromatic rings. The van der Waals surface area contributed by atoms with Crippen LogP contribution < -0.4 is 10.1 Å². The van der Waals surface area contributed by atoms with E-state index < -0.39 is 0 Å². The van der Waals surface area contributed by atoms with Gasteiger partial charge in [0.05, 0.1) is 7.11 Å². The van der Waals surface area contributed by atoms with E-state index in [0.717, 1.165) is 6.42 Å². The van der Waals surface area contributed by atoms with Gasteiger partial charge in [-0.3, -0.25) is 0 Å². The summed E-state index contributed by atoms with van der Waals surface area (Å²) in [6, 6.07) is 5.65. The van der Waals surface area contributed by atoms with Gasteiger partial charge in [0.2, 0.25) is 0 Å². The van der Waals surface area contributed by atoms with Crippen LogP contribution in [0.2, 0.25) is 0 Å². The summed E-state index contributed by atoms with van der Waals surface area (Å²) in [6.07, 6.45) is 4.78. The third-order valence-corrected chi connectivity index (χ3v) is 4.32. The van der Waals surface area contributed by atoms with Crippen LogP contribution in [-0.2, 0) is 6.54 Å². The molecule has 1 aromatic carbocycles. The van der Waals surface area contributed by atoms with E-state index in [2.05, 4.69) is 5.32 Å². The Morgan fingerprint density at radius 1 is 1.37 bits per heavy atom. The van der Waals surface area contributed by atoms with E-state index in [1.807, 2.05) is 6.07 Å². The van der Waals surface area contributed by atoms with Gasteiger partial charge in [-0.05, 0) is 24.8 Å². The zero-order chi connectivity index (χ0) is 13.7. The molecule has 106 valence electrons. The highest BCUT2D eigenvalue weighted by Crippen LogP contribution is 2.26. The molecule has 1 N–H and O–H groups in total. The van der Waals surface area contributed by atoms with Gasteiger partial charge in [0.15, 0.2) is 11.6 Å². The molecular formula is C15H21ClFNO. The van der Waals surface area contributed by atoms with Crippen molar-refractivity contribution in [2.75, 3.05) is 13.0 Å². The lowest BCUT2D eigenvalue weighted by Gasteiger charge is -2.31. The molecule has 1 fully saturated rings. The van der Waals surface area contributed by atoms with Crippen molar-refractivity contribution in [1.29, 1.82) is 0 Å². The van der Waals surface area contributed by atoms with Crippen LogP contribution in [0.4, 0.5) is 4.39 Å². The van der Waals surface area contributed by atoms with Crippen molar-refractivity contribution in [1.82, 2.24) is 5.32 Å². The van der Waals surface area contributed by atoms with Crippen LogP contribution in [-0.4, -0.2) is 19.0 Å². The standard InChI is InChI=1S/C15H21ClFNO/c1-19-14-8-4-6-12(15(14)17)10-18-13-7-3-2-5-11(13)9-16/h4,6,8,11,13,18H,2-3,5,7,9-10H2,1H3. The number of methoxy groups -OCH3 is 1. The van der Waals surface area contributed by atoms with Crippen LogP contribution >= 0.6 is 11.6 Å². The second kappa shape index (κ2) is 7.11. The quantitative estimate of drug-likeness (QED) is 0.833. The summed E-state index contributed by atoms with van der Waals surface area (Å²) in [7, 11) is 1.49. The van der Waals surface area contributed by atoms with Crippen LogP contribution in [0.15, 0.2) is 18.2 Å². The maximum atomic E-state index is 14.0. The van der Waals surface area contributed by atoms with Crippen molar-refractivity contribution in [3.8, 4) is 5.75 Å². The number of hydrogen-bond donors (Lipinski definition) is 1. The number of hydrogen-bond acceptors (Lipinski definition) is 2. The minimum atomic E-state index is -0.268. The van der Waals surface area contributed by atoms with Crippen LogP contribution in [0.5, 0.6) is 5.75 Å². The highest BCUT2D eigenvalue weighted by atomic mass is 35.5. The first-order valence-electron chi connectivity index (χ1n) is 6.87. The first-order chi connectivity index (χ1) is 9.26. The Labute approximate surface area is 119 Å². The number of nitrogens with one attached hydrogen (secondary N) is 1. The van der Waals surface area contributed by atoms with Crippen LogP contribution in [0.25, 0.3) is 0 Å². The van der Waals surface area contributed by atoms with Gasteiger partial charge in [-0.25, -0.2) is 4.39 Å². The Hall–Kier alpha value is -0.800. The molecule has 2 unspecified atom stereocenters. The molecule has 1 saturated carbocycles. The van der Waals surface area contributed by atoms with Crippen molar-refractivity contribution in [2.45, 2.75) is 38.3 Å². The molecule has 1 aliphatic rings. The number of halogens is 2. The van der Waals surface area contributed by atoms with E-state index in [1.54, 1.807) is 12.1 Å². The van der Waals surface area contributed by atoms with Crippen molar-refractivity contribution < 1.29 is 9.13 Å². The summed E-state index contributed by atoms with van der Waals surface area (Å²) >= 11 is 6.00. The third kappa shape index (κ3) is 3.61. The van der Waals surface area contributed by atoms with Gasteiger partial charge in [-0.15, -0.1) is 11.6 Å². The summed E-state index contributed by atoms with van der Waals surface area (Å²) in [5, 5.41) is 3.45. The van der Waals surface area contributed by atoms with E-state index in [0.29, 0.717) is 35.7 Å². The molecule has 1 aliphatic carbocycles. The molecule has 2 rings (SSSR count). The molecule has 0 bridgehead atoms. The highest BCUT2D eigenvalue weighted by molar-refractivity contribution is 6.18. The van der Waals surface area contributed by atoms with Crippen molar-refractivity contribution in [2.24, 2.45) is 5.92 Å². The van der Waals surface area contributed by atoms with Gasteiger partial charge in [0, 0.05) is 24.0 Å². The van der Waals surface area contributed by atoms with Gasteiger partial charge in [-0.2, -0.15) is 0 Å². The fourth-order valence-electron chi connectivity index (χ4n) is 2.75. The molecule has 2 atom stereocenters. The third-order valence-electron chi connectivity index (χ3n) is 3.93. The van der Waals surface area contributed by atoms with E-state index in [1.165, 1.54) is 26.4 Å². The van der Waals surface area contributed by atoms with Crippen LogP contribution in [0, 0.1) is 11.7 Å². The number of benzene rings is 1. The van der Waals surface area contributed by atoms with E-state index >= 15 is 0 Å². The van der Waals surface area contributed by atoms with Crippen molar-refractivity contribution in [3.05, 3.63) is 29.6 Å². The second-order valence-electron chi connectivity index (χ2n) is 5.12. The Morgan fingerprint density at radius 2 is 2.16 bits per heavy atom. The van der Waals surface area contributed by atoms with Crippen molar-refractivity contribution in [3.63, 3.8) is 0 Å². The van der Waals surface area contributed by atoms with Gasteiger partial charge < -0.3 is 10.1 Å². The van der Waals surface area contributed by atoms with E-state index in [4.69, 9.17) is 16.3 Å². The van der Waals surface area contributed by atoms with Gasteiger partial charge in [0.1, 0.15) is 0 Å². The normalized spacial score (nSPS) is 23.3. The lowest BCUT2D eigenvalue weighted by atomic mass is 9.85. The fourth-order valence-corrected chi connectivity index (χ4v) is 3.12. The molecular weight excluding hydrogens is 265 g/mol. The first-order valence-corrected chi connectivity index (χ1v) is 7.40. The summed E-state index contributed by atoms with van der Waals surface area (Å²) in [4.78, 5) is 0. The molecule has 0 amide bonds. The minimum absolute atomic E-state index is 0.268. The number of rotatable bonds is 5. The Morgan fingerprint density at radius 3 is 2.89 bits per heavy atom. The number of ether oxygens (including phenoxy) is 1. The lowest BCUT2D eigenvalue weighted by Crippen LogP contribution is -2.39. The molecule has 4 heteroatoms. The SMILES string of the molecule is COc1cccc(CNC2CCCCC2CCl)c1F. The molecule has 0 radical (unpaired) electrons. The Bertz CT molecular complexity index is 413. The molecule has 2 nitrogen and oxygen atoms in total. The molecule has 19 heavy (non-hydrogen) atoms. The maximum absolute atomic E-state index is 14.0. The molecule has 0 saturated heterocycles. The molecule has 0 heterocycles. The van der Waals surface area contributed by atoms with E-state index in [9.17, 15) is 4.39 Å². The zero-order valence-electron chi connectivity index (χ0n) is 11.3. The maximum Gasteiger partial charge on any atom is 0.169 e. The predicted octanol–water partition coefficient (Wildman–Crippen LogP) is 3.72.